The van der Waals surface area contributed by atoms with Crippen molar-refractivity contribution in [3.8, 4) is 11.3 Å². The number of nitrogens with two attached hydrogens (primary N) is 1. The SMILES string of the molecule is CCc1c(NC(=O)C(C)C(C)N)n[nH]c1-c1ccc(Br)cc1.Cl. The summed E-state index contributed by atoms with van der Waals surface area (Å²) in [6.07, 6.45) is 0.768. The van der Waals surface area contributed by atoms with E-state index in [9.17, 15) is 4.79 Å². The van der Waals surface area contributed by atoms with Crippen molar-refractivity contribution in [2.45, 2.75) is 33.2 Å². The van der Waals surface area contributed by atoms with Gasteiger partial charge < -0.3 is 11.1 Å². The molecule has 126 valence electrons. The first kappa shape index (κ1) is 19.7. The van der Waals surface area contributed by atoms with E-state index in [1.165, 1.54) is 0 Å². The molecule has 0 bridgehead atoms. The number of amides is 1. The Morgan fingerprint density at radius 2 is 1.96 bits per heavy atom. The number of rotatable bonds is 5. The fourth-order valence-electron chi connectivity index (χ4n) is 2.14. The summed E-state index contributed by atoms with van der Waals surface area (Å²) in [4.78, 5) is 12.2. The summed E-state index contributed by atoms with van der Waals surface area (Å²) in [7, 11) is 0. The summed E-state index contributed by atoms with van der Waals surface area (Å²) in [6, 6.07) is 7.77. The quantitative estimate of drug-likeness (QED) is 0.713. The Bertz CT molecular complexity index is 655. The predicted molar refractivity (Wildman–Crippen MR) is 99.8 cm³/mol. The number of nitrogens with one attached hydrogen (secondary N) is 2. The summed E-state index contributed by atoms with van der Waals surface area (Å²) in [5.41, 5.74) is 8.74. The van der Waals surface area contributed by atoms with Crippen LogP contribution in [0.4, 0.5) is 5.82 Å². The Morgan fingerprint density at radius 1 is 1.35 bits per heavy atom. The highest BCUT2D eigenvalue weighted by Crippen LogP contribution is 2.28. The van der Waals surface area contributed by atoms with E-state index in [1.54, 1.807) is 0 Å². The molecule has 0 saturated heterocycles. The lowest BCUT2D eigenvalue weighted by atomic mass is 10.0. The van der Waals surface area contributed by atoms with Gasteiger partial charge in [0.25, 0.3) is 0 Å². The van der Waals surface area contributed by atoms with Gasteiger partial charge in [-0.3, -0.25) is 9.89 Å². The van der Waals surface area contributed by atoms with Gasteiger partial charge in [-0.05, 0) is 31.0 Å². The van der Waals surface area contributed by atoms with Crippen LogP contribution in [0.1, 0.15) is 26.3 Å². The molecule has 2 atom stereocenters. The van der Waals surface area contributed by atoms with Crippen molar-refractivity contribution >= 4 is 40.1 Å². The molecule has 0 spiro atoms. The zero-order valence-electron chi connectivity index (χ0n) is 13.4. The Hall–Kier alpha value is -1.37. The van der Waals surface area contributed by atoms with Gasteiger partial charge in [0.1, 0.15) is 0 Å². The van der Waals surface area contributed by atoms with Gasteiger partial charge in [0.15, 0.2) is 5.82 Å². The van der Waals surface area contributed by atoms with Crippen LogP contribution in [0.15, 0.2) is 28.7 Å². The van der Waals surface area contributed by atoms with E-state index in [-0.39, 0.29) is 30.3 Å². The van der Waals surface area contributed by atoms with E-state index < -0.39 is 0 Å². The highest BCUT2D eigenvalue weighted by atomic mass is 79.9. The number of H-pyrrole nitrogens is 1. The zero-order chi connectivity index (χ0) is 16.3. The highest BCUT2D eigenvalue weighted by Gasteiger charge is 2.20. The molecule has 2 aromatic rings. The molecule has 0 fully saturated rings. The number of hydrogen-bond donors (Lipinski definition) is 3. The van der Waals surface area contributed by atoms with E-state index in [0.29, 0.717) is 5.82 Å². The first-order valence-corrected chi connectivity index (χ1v) is 8.13. The number of aromatic amines is 1. The van der Waals surface area contributed by atoms with Gasteiger partial charge in [0.05, 0.1) is 11.6 Å². The molecule has 2 unspecified atom stereocenters. The molecule has 0 aliphatic rings. The normalized spacial score (nSPS) is 13.1. The third-order valence-electron chi connectivity index (χ3n) is 3.80. The number of aromatic nitrogens is 2. The molecule has 1 aromatic heterocycles. The third-order valence-corrected chi connectivity index (χ3v) is 4.33. The molecule has 1 heterocycles. The first-order chi connectivity index (χ1) is 10.4. The minimum Gasteiger partial charge on any atom is -0.327 e. The highest BCUT2D eigenvalue weighted by molar-refractivity contribution is 9.10. The number of benzene rings is 1. The van der Waals surface area contributed by atoms with Crippen molar-refractivity contribution in [2.24, 2.45) is 11.7 Å². The number of hydrogen-bond acceptors (Lipinski definition) is 3. The van der Waals surface area contributed by atoms with E-state index in [2.05, 4.69) is 31.4 Å². The van der Waals surface area contributed by atoms with Gasteiger partial charge in [-0.1, -0.05) is 41.9 Å². The van der Waals surface area contributed by atoms with Gasteiger partial charge in [-0.15, -0.1) is 12.4 Å². The van der Waals surface area contributed by atoms with Crippen molar-refractivity contribution in [1.82, 2.24) is 10.2 Å². The number of anilines is 1. The van der Waals surface area contributed by atoms with Gasteiger partial charge in [-0.2, -0.15) is 5.10 Å². The molecule has 2 rings (SSSR count). The van der Waals surface area contributed by atoms with Gasteiger partial charge >= 0.3 is 0 Å². The van der Waals surface area contributed by atoms with Gasteiger partial charge in [0.2, 0.25) is 5.91 Å². The molecule has 0 saturated carbocycles. The van der Waals surface area contributed by atoms with Gasteiger partial charge in [-0.25, -0.2) is 0 Å². The van der Waals surface area contributed by atoms with Crippen LogP contribution in [0.2, 0.25) is 0 Å². The van der Waals surface area contributed by atoms with Crippen LogP contribution in [-0.4, -0.2) is 22.1 Å². The zero-order valence-corrected chi connectivity index (χ0v) is 15.8. The molecule has 0 radical (unpaired) electrons. The molecule has 1 amide bonds. The van der Waals surface area contributed by atoms with E-state index in [1.807, 2.05) is 45.0 Å². The maximum Gasteiger partial charge on any atom is 0.229 e. The van der Waals surface area contributed by atoms with E-state index in [0.717, 1.165) is 27.7 Å². The van der Waals surface area contributed by atoms with Crippen molar-refractivity contribution in [1.29, 1.82) is 0 Å². The van der Waals surface area contributed by atoms with Crippen LogP contribution in [0, 0.1) is 5.92 Å². The number of nitrogens with zero attached hydrogens (tertiary/aromatic N) is 1. The minimum absolute atomic E-state index is 0. The summed E-state index contributed by atoms with van der Waals surface area (Å²) in [5.74, 6) is 0.203. The average Bonchev–Trinajstić information content (AvgIpc) is 2.89. The maximum absolute atomic E-state index is 12.2. The molecular weight excluding hydrogens is 380 g/mol. The lowest BCUT2D eigenvalue weighted by molar-refractivity contribution is -0.119. The average molecular weight is 402 g/mol. The van der Waals surface area contributed by atoms with Crippen LogP contribution in [0.25, 0.3) is 11.3 Å². The van der Waals surface area contributed by atoms with Crippen molar-refractivity contribution < 1.29 is 4.79 Å². The standard InChI is InChI=1S/C16H21BrN4O.ClH/c1-4-13-14(11-5-7-12(17)8-6-11)20-21-15(13)19-16(22)9(2)10(3)18;/h5-10H,4,18H2,1-3H3,(H2,19,20,21,22);1H. The lowest BCUT2D eigenvalue weighted by Gasteiger charge is -2.14. The van der Waals surface area contributed by atoms with E-state index >= 15 is 0 Å². The predicted octanol–water partition coefficient (Wildman–Crippen LogP) is 3.75. The Balaban J connectivity index is 0.00000264. The fraction of sp³-hybridized carbons (Fsp3) is 0.375. The molecule has 7 heteroatoms. The van der Waals surface area contributed by atoms with Gasteiger partial charge in [0, 0.05) is 16.1 Å². The molecule has 1 aromatic carbocycles. The third kappa shape index (κ3) is 4.56. The van der Waals surface area contributed by atoms with Crippen molar-refractivity contribution in [3.05, 3.63) is 34.3 Å². The Labute approximate surface area is 151 Å². The minimum atomic E-state index is -0.266. The summed E-state index contributed by atoms with van der Waals surface area (Å²) in [6.45, 7) is 5.68. The van der Waals surface area contributed by atoms with Crippen LogP contribution in [-0.2, 0) is 11.2 Å². The second kappa shape index (κ2) is 8.47. The molecule has 0 aliphatic carbocycles. The number of carbonyl (C=O) groups is 1. The molecule has 4 N–H and O–H groups in total. The molecule has 5 nitrogen and oxygen atoms in total. The Kier molecular flexibility index (Phi) is 7.25. The van der Waals surface area contributed by atoms with E-state index in [4.69, 9.17) is 5.73 Å². The van der Waals surface area contributed by atoms with Crippen LogP contribution >= 0.6 is 28.3 Å². The largest absolute Gasteiger partial charge is 0.327 e. The molecule has 23 heavy (non-hydrogen) atoms. The summed E-state index contributed by atoms with van der Waals surface area (Å²) < 4.78 is 1.02. The lowest BCUT2D eigenvalue weighted by Crippen LogP contribution is -2.34. The molecule has 0 aliphatic heterocycles. The summed E-state index contributed by atoms with van der Waals surface area (Å²) in [5, 5.41) is 10.2. The molecular formula is C16H22BrClN4O. The first-order valence-electron chi connectivity index (χ1n) is 7.33. The Morgan fingerprint density at radius 3 is 2.48 bits per heavy atom. The monoisotopic (exact) mass is 400 g/mol. The van der Waals surface area contributed by atoms with Crippen LogP contribution in [0.3, 0.4) is 0 Å². The fourth-order valence-corrected chi connectivity index (χ4v) is 2.40. The summed E-state index contributed by atoms with van der Waals surface area (Å²) >= 11 is 3.43. The van der Waals surface area contributed by atoms with Crippen LogP contribution in [0.5, 0.6) is 0 Å². The topological polar surface area (TPSA) is 83.8 Å². The maximum atomic E-state index is 12.2. The number of carbonyl (C=O) groups excluding carboxylic acids is 1. The second-order valence-electron chi connectivity index (χ2n) is 5.42. The van der Waals surface area contributed by atoms with Crippen molar-refractivity contribution in [3.63, 3.8) is 0 Å². The van der Waals surface area contributed by atoms with Crippen molar-refractivity contribution in [2.75, 3.05) is 5.32 Å². The smallest absolute Gasteiger partial charge is 0.229 e. The number of halogens is 2. The van der Waals surface area contributed by atoms with Crippen LogP contribution < -0.4 is 11.1 Å². The second-order valence-corrected chi connectivity index (χ2v) is 6.34.